The Balaban J connectivity index is 1.70. The number of ether oxygens (including phenoxy) is 2. The fourth-order valence-corrected chi connectivity index (χ4v) is 5.57. The van der Waals surface area contributed by atoms with E-state index < -0.39 is 23.5 Å². The summed E-state index contributed by atoms with van der Waals surface area (Å²) in [6, 6.07) is 12.5. The molecule has 3 aromatic rings. The Morgan fingerprint density at radius 2 is 1.74 bits per heavy atom. The summed E-state index contributed by atoms with van der Waals surface area (Å²) in [5.74, 6) is -0.787. The number of aliphatic carboxylic acids is 1. The van der Waals surface area contributed by atoms with Crippen molar-refractivity contribution in [3.05, 3.63) is 75.8 Å². The highest BCUT2D eigenvalue weighted by molar-refractivity contribution is 6.30. The minimum atomic E-state index is -1.16. The van der Waals surface area contributed by atoms with E-state index in [0.29, 0.717) is 30.0 Å². The van der Waals surface area contributed by atoms with Gasteiger partial charge in [0, 0.05) is 42.0 Å². The van der Waals surface area contributed by atoms with E-state index in [9.17, 15) is 14.3 Å². The third-order valence-corrected chi connectivity index (χ3v) is 8.06. The van der Waals surface area contributed by atoms with Gasteiger partial charge in [-0.15, -0.1) is 0 Å². The molecule has 0 saturated carbocycles. The number of pyridine rings is 1. The minimum absolute atomic E-state index is 0.103. The average molecular weight is 597 g/mol. The van der Waals surface area contributed by atoms with Crippen molar-refractivity contribution in [2.45, 2.75) is 79.4 Å². The van der Waals surface area contributed by atoms with E-state index in [-0.39, 0.29) is 10.4 Å². The van der Waals surface area contributed by atoms with Gasteiger partial charge in [-0.2, -0.15) is 0 Å². The molecule has 1 saturated heterocycles. The predicted octanol–water partition coefficient (Wildman–Crippen LogP) is 8.35. The monoisotopic (exact) mass is 596 g/mol. The van der Waals surface area contributed by atoms with Gasteiger partial charge in [0.25, 0.3) is 0 Å². The lowest BCUT2D eigenvalue weighted by Gasteiger charge is -2.41. The Hall–Kier alpha value is -3.16. The summed E-state index contributed by atoms with van der Waals surface area (Å²) >= 11 is 5.79. The van der Waals surface area contributed by atoms with Crippen LogP contribution >= 0.6 is 11.6 Å². The molecule has 4 rings (SSSR count). The van der Waals surface area contributed by atoms with Crippen LogP contribution in [0, 0.1) is 25.1 Å². The number of benzene rings is 2. The van der Waals surface area contributed by atoms with Gasteiger partial charge in [0.15, 0.2) is 6.10 Å². The number of carboxylic acid groups (broad SMARTS) is 1. The number of aryl methyl sites for hydroxylation is 2. The highest BCUT2D eigenvalue weighted by Crippen LogP contribution is 2.45. The molecule has 8 heteroatoms. The van der Waals surface area contributed by atoms with E-state index in [1.807, 2.05) is 58.9 Å². The average Bonchev–Trinajstić information content (AvgIpc) is 2.89. The number of nitrogens with zero attached hydrogens (tertiary/aromatic N) is 2. The van der Waals surface area contributed by atoms with Crippen LogP contribution in [0.25, 0.3) is 11.1 Å². The number of aromatic nitrogens is 1. The number of rotatable bonds is 9. The van der Waals surface area contributed by atoms with Gasteiger partial charge in [-0.3, -0.25) is 4.98 Å². The maximum atomic E-state index is 13.8. The van der Waals surface area contributed by atoms with E-state index >= 15 is 0 Å². The maximum absolute atomic E-state index is 13.8. The standard InChI is InChI=1S/C34H42ClFN2O4/c1-21-28(24-9-11-25(12-10-24)41-19-14-23-8-13-26(35)27(36)20-23)30(38-17-15-34(6,7)16-18-38)29(22(2)37-21)31(32(39)40)42-33(3,4)5/h8-13,20,31H,14-19H2,1-7H3,(H,39,40). The second kappa shape index (κ2) is 12.6. The molecule has 0 bridgehead atoms. The second-order valence-electron chi connectivity index (χ2n) is 12.9. The van der Waals surface area contributed by atoms with Gasteiger partial charge >= 0.3 is 5.97 Å². The Labute approximate surface area is 253 Å². The quantitative estimate of drug-likeness (QED) is 0.268. The van der Waals surface area contributed by atoms with Crippen molar-refractivity contribution >= 4 is 23.3 Å². The summed E-state index contributed by atoms with van der Waals surface area (Å²) in [5.41, 5.74) is 5.16. The maximum Gasteiger partial charge on any atom is 0.337 e. The van der Waals surface area contributed by atoms with E-state index in [2.05, 4.69) is 18.7 Å². The molecule has 1 atom stereocenters. The number of carbonyl (C=O) groups is 1. The zero-order chi connectivity index (χ0) is 30.8. The van der Waals surface area contributed by atoms with Crippen molar-refractivity contribution in [3.63, 3.8) is 0 Å². The lowest BCUT2D eigenvalue weighted by atomic mass is 9.82. The number of anilines is 1. The van der Waals surface area contributed by atoms with Gasteiger partial charge in [0.1, 0.15) is 11.6 Å². The first-order valence-electron chi connectivity index (χ1n) is 14.5. The van der Waals surface area contributed by atoms with Crippen molar-refractivity contribution in [1.82, 2.24) is 4.98 Å². The molecule has 226 valence electrons. The van der Waals surface area contributed by atoms with Crippen molar-refractivity contribution in [3.8, 4) is 16.9 Å². The topological polar surface area (TPSA) is 71.9 Å². The molecule has 1 N–H and O–H groups in total. The summed E-state index contributed by atoms with van der Waals surface area (Å²) < 4.78 is 25.9. The molecule has 1 unspecified atom stereocenters. The summed E-state index contributed by atoms with van der Waals surface area (Å²) in [6.45, 7) is 16.0. The Morgan fingerprint density at radius 3 is 2.31 bits per heavy atom. The molecule has 6 nitrogen and oxygen atoms in total. The molecule has 42 heavy (non-hydrogen) atoms. The Morgan fingerprint density at radius 1 is 1.10 bits per heavy atom. The SMILES string of the molecule is Cc1nc(C)c(C(OC(C)(C)C)C(=O)O)c(N2CCC(C)(C)CC2)c1-c1ccc(OCCc2ccc(Cl)c(F)c2)cc1. The number of hydrogen-bond donors (Lipinski definition) is 1. The third kappa shape index (κ3) is 7.61. The van der Waals surface area contributed by atoms with Crippen LogP contribution in [0.1, 0.15) is 76.1 Å². The molecule has 1 aliphatic heterocycles. The van der Waals surface area contributed by atoms with Crippen LogP contribution < -0.4 is 9.64 Å². The van der Waals surface area contributed by atoms with Crippen LogP contribution in [-0.4, -0.2) is 41.4 Å². The lowest BCUT2D eigenvalue weighted by Crippen LogP contribution is -2.39. The second-order valence-corrected chi connectivity index (χ2v) is 13.3. The molecule has 0 aliphatic carbocycles. The zero-order valence-corrected chi connectivity index (χ0v) is 26.4. The van der Waals surface area contributed by atoms with Gasteiger partial charge in [0.05, 0.1) is 22.9 Å². The van der Waals surface area contributed by atoms with Crippen LogP contribution in [0.3, 0.4) is 0 Å². The van der Waals surface area contributed by atoms with Gasteiger partial charge in [0.2, 0.25) is 0 Å². The van der Waals surface area contributed by atoms with E-state index in [0.717, 1.165) is 54.0 Å². The number of hydrogen-bond acceptors (Lipinski definition) is 5. The largest absolute Gasteiger partial charge is 0.493 e. The zero-order valence-electron chi connectivity index (χ0n) is 25.7. The molecule has 1 fully saturated rings. The van der Waals surface area contributed by atoms with Crippen LogP contribution in [0.15, 0.2) is 42.5 Å². The van der Waals surface area contributed by atoms with Gasteiger partial charge in [-0.25, -0.2) is 9.18 Å². The fraction of sp³-hybridized carbons (Fsp3) is 0.471. The molecule has 0 radical (unpaired) electrons. The molecule has 2 aromatic carbocycles. The Bertz CT molecular complexity index is 1420. The van der Waals surface area contributed by atoms with Crippen LogP contribution in [0.5, 0.6) is 5.75 Å². The summed E-state index contributed by atoms with van der Waals surface area (Å²) in [7, 11) is 0. The summed E-state index contributed by atoms with van der Waals surface area (Å²) in [6.07, 6.45) is 1.37. The number of carboxylic acids is 1. The first-order chi connectivity index (χ1) is 19.6. The molecule has 0 amide bonds. The molecule has 1 aliphatic rings. The first-order valence-corrected chi connectivity index (χ1v) is 14.9. The van der Waals surface area contributed by atoms with Crippen molar-refractivity contribution in [2.75, 3.05) is 24.6 Å². The molecular weight excluding hydrogens is 555 g/mol. The van der Waals surface area contributed by atoms with Crippen molar-refractivity contribution < 1.29 is 23.8 Å². The molecule has 0 spiro atoms. The highest BCUT2D eigenvalue weighted by atomic mass is 35.5. The predicted molar refractivity (Wildman–Crippen MR) is 166 cm³/mol. The molecular formula is C34H42ClFN2O4. The third-order valence-electron chi connectivity index (χ3n) is 7.76. The van der Waals surface area contributed by atoms with E-state index in [1.54, 1.807) is 12.1 Å². The van der Waals surface area contributed by atoms with Crippen molar-refractivity contribution in [2.24, 2.45) is 5.41 Å². The van der Waals surface area contributed by atoms with Crippen LogP contribution in [-0.2, 0) is 16.0 Å². The lowest BCUT2D eigenvalue weighted by molar-refractivity contribution is -0.160. The Kier molecular flexibility index (Phi) is 9.53. The van der Waals surface area contributed by atoms with E-state index in [1.165, 1.54) is 6.07 Å². The van der Waals surface area contributed by atoms with Crippen molar-refractivity contribution in [1.29, 1.82) is 0 Å². The number of halogens is 2. The summed E-state index contributed by atoms with van der Waals surface area (Å²) in [5, 5.41) is 10.5. The normalized spacial score (nSPS) is 15.9. The minimum Gasteiger partial charge on any atom is -0.493 e. The van der Waals surface area contributed by atoms with E-state index in [4.69, 9.17) is 26.1 Å². The smallest absolute Gasteiger partial charge is 0.337 e. The summed E-state index contributed by atoms with van der Waals surface area (Å²) in [4.78, 5) is 19.8. The van der Waals surface area contributed by atoms with Gasteiger partial charge < -0.3 is 19.5 Å². The molecule has 2 heterocycles. The van der Waals surface area contributed by atoms with Gasteiger partial charge in [-0.05, 0) is 88.3 Å². The van der Waals surface area contributed by atoms with Crippen LogP contribution in [0.4, 0.5) is 10.1 Å². The fourth-order valence-electron chi connectivity index (χ4n) is 5.45. The number of piperidine rings is 1. The molecule has 1 aromatic heterocycles. The van der Waals surface area contributed by atoms with Crippen LogP contribution in [0.2, 0.25) is 5.02 Å². The first kappa shape index (κ1) is 31.8. The van der Waals surface area contributed by atoms with Gasteiger partial charge in [-0.1, -0.05) is 43.6 Å². The highest BCUT2D eigenvalue weighted by Gasteiger charge is 2.36.